The zero-order valence-corrected chi connectivity index (χ0v) is 29.8. The number of hydrogen-bond donors (Lipinski definition) is 4. The Morgan fingerprint density at radius 2 is 0.727 bits per heavy atom. The minimum absolute atomic E-state index is 0.308. The zero-order chi connectivity index (χ0) is 32.4. The number of aliphatic hydroxyl groups is 3. The molecule has 0 spiro atoms. The van der Waals surface area contributed by atoms with E-state index in [0.29, 0.717) is 12.8 Å². The molecule has 0 aromatic carbocycles. The summed E-state index contributed by atoms with van der Waals surface area (Å²) in [5.41, 5.74) is 0. The normalized spacial score (nSPS) is 13.7. The van der Waals surface area contributed by atoms with Gasteiger partial charge in [-0.15, -0.1) is 0 Å². The first-order valence-electron chi connectivity index (χ1n) is 19.8. The molecule has 44 heavy (non-hydrogen) atoms. The molecule has 1 amide bonds. The van der Waals surface area contributed by atoms with Crippen LogP contribution in [0.3, 0.4) is 0 Å². The Kier molecular flexibility index (Phi) is 34.7. The molecule has 0 bridgehead atoms. The summed E-state index contributed by atoms with van der Waals surface area (Å²) >= 11 is 0. The first-order chi connectivity index (χ1) is 21.6. The molecule has 0 fully saturated rings. The highest BCUT2D eigenvalue weighted by Crippen LogP contribution is 2.16. The van der Waals surface area contributed by atoms with Crippen molar-refractivity contribution in [2.45, 2.75) is 238 Å². The molecule has 5 nitrogen and oxygen atoms in total. The molecule has 0 aliphatic rings. The number of unbranched alkanes of at least 4 members (excludes halogenated alkanes) is 28. The van der Waals surface area contributed by atoms with Crippen LogP contribution in [-0.4, -0.2) is 46.1 Å². The summed E-state index contributed by atoms with van der Waals surface area (Å²) in [6.45, 7) is 4.23. The first-order valence-corrected chi connectivity index (χ1v) is 19.8. The molecule has 0 aromatic rings. The summed E-state index contributed by atoms with van der Waals surface area (Å²) < 4.78 is 0. The van der Waals surface area contributed by atoms with Crippen LogP contribution in [0.1, 0.15) is 219 Å². The van der Waals surface area contributed by atoms with Gasteiger partial charge >= 0.3 is 0 Å². The second-order valence-corrected chi connectivity index (χ2v) is 13.9. The van der Waals surface area contributed by atoms with Crippen LogP contribution in [0, 0.1) is 0 Å². The Balaban J connectivity index is 3.62. The van der Waals surface area contributed by atoms with Gasteiger partial charge in [0.2, 0.25) is 5.91 Å². The third-order valence-corrected chi connectivity index (χ3v) is 9.48. The van der Waals surface area contributed by atoms with Gasteiger partial charge in [-0.1, -0.05) is 206 Å². The van der Waals surface area contributed by atoms with Gasteiger partial charge in [0, 0.05) is 0 Å². The molecule has 4 N–H and O–H groups in total. The van der Waals surface area contributed by atoms with Gasteiger partial charge in [0.1, 0.15) is 6.10 Å². The molecule has 0 heterocycles. The average Bonchev–Trinajstić information content (AvgIpc) is 3.03. The third kappa shape index (κ3) is 30.0. The van der Waals surface area contributed by atoms with Crippen molar-refractivity contribution in [3.05, 3.63) is 0 Å². The molecule has 3 atom stereocenters. The van der Waals surface area contributed by atoms with Crippen molar-refractivity contribution < 1.29 is 20.1 Å². The summed E-state index contributed by atoms with van der Waals surface area (Å²) in [7, 11) is 0. The average molecular weight is 626 g/mol. The van der Waals surface area contributed by atoms with E-state index in [1.807, 2.05) is 0 Å². The molecule has 0 saturated carbocycles. The fraction of sp³-hybridized carbons (Fsp3) is 0.974. The number of nitrogens with one attached hydrogen (secondary N) is 1. The van der Waals surface area contributed by atoms with Crippen molar-refractivity contribution >= 4 is 5.91 Å². The Morgan fingerprint density at radius 3 is 1.02 bits per heavy atom. The van der Waals surface area contributed by atoms with E-state index in [0.717, 1.165) is 32.1 Å². The predicted octanol–water partition coefficient (Wildman–Crippen LogP) is 10.7. The van der Waals surface area contributed by atoms with Gasteiger partial charge in [0.25, 0.3) is 0 Å². The monoisotopic (exact) mass is 626 g/mol. The van der Waals surface area contributed by atoms with Gasteiger partial charge in [-0.25, -0.2) is 0 Å². The summed E-state index contributed by atoms with van der Waals surface area (Å²) in [6, 6.07) is -0.704. The van der Waals surface area contributed by atoms with Crippen LogP contribution < -0.4 is 5.32 Å². The van der Waals surface area contributed by atoms with E-state index >= 15 is 0 Å². The number of aliphatic hydroxyl groups excluding tert-OH is 3. The van der Waals surface area contributed by atoms with E-state index in [9.17, 15) is 20.1 Å². The lowest BCUT2D eigenvalue weighted by atomic mass is 10.0. The SMILES string of the molecule is CCCCCCCCCCCCCCCCCCCC(O)C(=O)N[C@@H](CO)[C@H](O)CCCCCCCCCCCCCCC. The van der Waals surface area contributed by atoms with E-state index in [4.69, 9.17) is 0 Å². The summed E-state index contributed by atoms with van der Waals surface area (Å²) in [5.74, 6) is -0.468. The Hall–Kier alpha value is -0.650. The summed E-state index contributed by atoms with van der Waals surface area (Å²) in [6.07, 6.45) is 38.0. The Bertz CT molecular complexity index is 572. The van der Waals surface area contributed by atoms with E-state index in [-0.39, 0.29) is 6.61 Å². The Labute approximate surface area is 275 Å². The van der Waals surface area contributed by atoms with Crippen molar-refractivity contribution in [2.75, 3.05) is 6.61 Å². The van der Waals surface area contributed by atoms with E-state index in [1.54, 1.807) is 0 Å². The molecule has 264 valence electrons. The third-order valence-electron chi connectivity index (χ3n) is 9.48. The van der Waals surface area contributed by atoms with Crippen LogP contribution in [0.5, 0.6) is 0 Å². The molecule has 1 unspecified atom stereocenters. The molecule has 0 aliphatic carbocycles. The minimum Gasteiger partial charge on any atom is -0.394 e. The smallest absolute Gasteiger partial charge is 0.249 e. The topological polar surface area (TPSA) is 89.8 Å². The van der Waals surface area contributed by atoms with Gasteiger partial charge in [0.05, 0.1) is 18.8 Å². The van der Waals surface area contributed by atoms with Crippen LogP contribution in [0.4, 0.5) is 0 Å². The molecule has 0 aromatic heterocycles. The van der Waals surface area contributed by atoms with E-state index < -0.39 is 24.2 Å². The summed E-state index contributed by atoms with van der Waals surface area (Å²) in [5, 5.41) is 33.2. The maximum absolute atomic E-state index is 12.4. The fourth-order valence-corrected chi connectivity index (χ4v) is 6.31. The van der Waals surface area contributed by atoms with Gasteiger partial charge in [-0.05, 0) is 12.8 Å². The fourth-order valence-electron chi connectivity index (χ4n) is 6.31. The lowest BCUT2D eigenvalue weighted by Gasteiger charge is -2.23. The van der Waals surface area contributed by atoms with Crippen molar-refractivity contribution in [1.29, 1.82) is 0 Å². The number of amides is 1. The van der Waals surface area contributed by atoms with Crippen molar-refractivity contribution in [1.82, 2.24) is 5.32 Å². The van der Waals surface area contributed by atoms with Crippen molar-refractivity contribution in [2.24, 2.45) is 0 Å². The highest BCUT2D eigenvalue weighted by Gasteiger charge is 2.23. The van der Waals surface area contributed by atoms with Crippen LogP contribution >= 0.6 is 0 Å². The van der Waals surface area contributed by atoms with Crippen molar-refractivity contribution in [3.8, 4) is 0 Å². The number of hydrogen-bond acceptors (Lipinski definition) is 4. The van der Waals surface area contributed by atoms with Gasteiger partial charge in [-0.3, -0.25) is 4.79 Å². The molecule has 5 heteroatoms. The lowest BCUT2D eigenvalue weighted by Crippen LogP contribution is -2.49. The molecule has 0 saturated heterocycles. The first kappa shape index (κ1) is 43.4. The highest BCUT2D eigenvalue weighted by molar-refractivity contribution is 5.80. The molecular weight excluding hydrogens is 546 g/mol. The predicted molar refractivity (Wildman–Crippen MR) is 190 cm³/mol. The lowest BCUT2D eigenvalue weighted by molar-refractivity contribution is -0.131. The highest BCUT2D eigenvalue weighted by atomic mass is 16.3. The van der Waals surface area contributed by atoms with Crippen LogP contribution in [-0.2, 0) is 4.79 Å². The van der Waals surface area contributed by atoms with Gasteiger partial charge in [-0.2, -0.15) is 0 Å². The van der Waals surface area contributed by atoms with E-state index in [2.05, 4.69) is 19.2 Å². The number of carbonyl (C=O) groups excluding carboxylic acids is 1. The van der Waals surface area contributed by atoms with Gasteiger partial charge < -0.3 is 20.6 Å². The quantitative estimate of drug-likeness (QED) is 0.0521. The standard InChI is InChI=1S/C39H79NO4/c1-3-5-7-9-11-13-15-17-18-19-20-22-24-26-28-30-32-34-38(43)39(44)40-36(35-41)37(42)33-31-29-27-25-23-21-16-14-12-10-8-6-4-2/h36-38,41-43H,3-35H2,1-2H3,(H,40,44)/t36-,37+,38?/m0/s1. The second-order valence-electron chi connectivity index (χ2n) is 13.9. The maximum atomic E-state index is 12.4. The molecule has 0 aliphatic heterocycles. The molecule has 0 radical (unpaired) electrons. The van der Waals surface area contributed by atoms with Crippen molar-refractivity contribution in [3.63, 3.8) is 0 Å². The number of carbonyl (C=O) groups is 1. The minimum atomic E-state index is -1.07. The zero-order valence-electron chi connectivity index (χ0n) is 29.8. The van der Waals surface area contributed by atoms with Crippen LogP contribution in [0.25, 0.3) is 0 Å². The molecule has 0 rings (SSSR count). The van der Waals surface area contributed by atoms with E-state index in [1.165, 1.54) is 161 Å². The maximum Gasteiger partial charge on any atom is 0.249 e. The number of rotatable bonds is 36. The largest absolute Gasteiger partial charge is 0.394 e. The second kappa shape index (κ2) is 35.2. The van der Waals surface area contributed by atoms with Crippen LogP contribution in [0.15, 0.2) is 0 Å². The van der Waals surface area contributed by atoms with Crippen LogP contribution in [0.2, 0.25) is 0 Å². The molecular formula is C39H79NO4. The Morgan fingerprint density at radius 1 is 0.455 bits per heavy atom. The summed E-state index contributed by atoms with van der Waals surface area (Å²) in [4.78, 5) is 12.4. The van der Waals surface area contributed by atoms with Gasteiger partial charge in [0.15, 0.2) is 0 Å².